The summed E-state index contributed by atoms with van der Waals surface area (Å²) in [5.74, 6) is 0.980. The summed E-state index contributed by atoms with van der Waals surface area (Å²) in [4.78, 5) is 27.5. The first-order valence-corrected chi connectivity index (χ1v) is 10.7. The molecule has 1 saturated carbocycles. The van der Waals surface area contributed by atoms with E-state index < -0.39 is 6.09 Å². The van der Waals surface area contributed by atoms with E-state index in [-0.39, 0.29) is 29.4 Å². The number of aliphatic imine (C=N–C) groups is 1. The molecule has 0 radical (unpaired) electrons. The number of amides is 1. The zero-order valence-corrected chi connectivity index (χ0v) is 17.8. The molecule has 9 nitrogen and oxygen atoms in total. The van der Waals surface area contributed by atoms with Crippen LogP contribution in [0.4, 0.5) is 15.0 Å². The fraction of sp³-hybridized carbons (Fsp3) is 0.571. The minimum Gasteiger partial charge on any atom is -0.463 e. The molecular formula is C21H28FN7O2. The van der Waals surface area contributed by atoms with Crippen molar-refractivity contribution >= 4 is 28.9 Å². The molecule has 0 spiro atoms. The number of carbonyl (C=O) groups is 1. The summed E-state index contributed by atoms with van der Waals surface area (Å²) in [5, 5.41) is 12.4. The Morgan fingerprint density at radius 1 is 1.42 bits per heavy atom. The number of allylic oxidation sites excluding steroid dienone is 2. The van der Waals surface area contributed by atoms with Gasteiger partial charge in [0.1, 0.15) is 5.52 Å². The highest BCUT2D eigenvalue weighted by Gasteiger charge is 2.27. The smallest absolute Gasteiger partial charge is 0.433 e. The molecule has 0 bridgehead atoms. The first-order chi connectivity index (χ1) is 14.8. The molecule has 2 aliphatic carbocycles. The molecule has 2 heterocycles. The topological polar surface area (TPSA) is 131 Å². The zero-order valence-electron chi connectivity index (χ0n) is 17.8. The molecule has 2 aromatic heterocycles. The number of hydrogen-bond donors (Lipinski definition) is 3. The van der Waals surface area contributed by atoms with Gasteiger partial charge >= 0.3 is 6.09 Å². The van der Waals surface area contributed by atoms with Gasteiger partial charge in [-0.05, 0) is 56.9 Å². The average Bonchev–Trinajstić information content (AvgIpc) is 3.05. The van der Waals surface area contributed by atoms with Gasteiger partial charge in [-0.25, -0.2) is 24.1 Å². The molecule has 0 saturated heterocycles. The van der Waals surface area contributed by atoms with E-state index in [1.807, 2.05) is 11.5 Å². The third-order valence-corrected chi connectivity index (χ3v) is 6.45. The standard InChI is InChI=1S/C21H28FN7O2/c1-11-6-7-13(8-15(11)22)9-29-10-24-18-16(29)19(25-12(2)14-4-3-5-14)28-20(27-18)17(23)26-21(30)31/h10,12-14H,3-9H2,1-2H3,(H2,23,26)(H,30,31)(H,25,27,28)/t12-,13?/m1/s1. The number of nitrogens with one attached hydrogen (secondary N) is 1. The summed E-state index contributed by atoms with van der Waals surface area (Å²) in [6.45, 7) is 4.56. The highest BCUT2D eigenvalue weighted by molar-refractivity contribution is 6.01. The molecule has 0 aliphatic heterocycles. The molecule has 4 N–H and O–H groups in total. The van der Waals surface area contributed by atoms with Crippen molar-refractivity contribution in [2.75, 3.05) is 5.32 Å². The van der Waals surface area contributed by atoms with Gasteiger partial charge in [-0.1, -0.05) is 6.42 Å². The number of nitrogens with zero attached hydrogens (tertiary/aromatic N) is 5. The van der Waals surface area contributed by atoms with Crippen molar-refractivity contribution in [2.45, 2.75) is 65.0 Å². The van der Waals surface area contributed by atoms with Gasteiger partial charge < -0.3 is 20.7 Å². The van der Waals surface area contributed by atoms with E-state index >= 15 is 0 Å². The second kappa shape index (κ2) is 8.60. The number of aromatic nitrogens is 4. The molecular weight excluding hydrogens is 401 g/mol. The first kappa shape index (κ1) is 21.2. The lowest BCUT2D eigenvalue weighted by Crippen LogP contribution is -2.32. The van der Waals surface area contributed by atoms with Gasteiger partial charge in [0, 0.05) is 19.0 Å². The van der Waals surface area contributed by atoms with Gasteiger partial charge in [0.05, 0.1) is 12.2 Å². The molecule has 1 amide bonds. The maximum absolute atomic E-state index is 14.1. The monoisotopic (exact) mass is 429 g/mol. The third kappa shape index (κ3) is 4.52. The van der Waals surface area contributed by atoms with Crippen LogP contribution in [0.1, 0.15) is 58.2 Å². The SMILES string of the molecule is CC1=C(F)CC(Cn2cnc3nc(/C(N)=N/C(=O)O)nc(N[C@H](C)C4CCC4)c32)CC1. The van der Waals surface area contributed by atoms with Gasteiger partial charge in [-0.15, -0.1) is 0 Å². The van der Waals surface area contributed by atoms with Crippen LogP contribution in [-0.2, 0) is 6.54 Å². The number of rotatable bonds is 6. The number of nitrogens with two attached hydrogens (primary N) is 1. The number of carboxylic acid groups (broad SMARTS) is 1. The predicted octanol–water partition coefficient (Wildman–Crippen LogP) is 3.85. The summed E-state index contributed by atoms with van der Waals surface area (Å²) in [5.41, 5.74) is 7.76. The van der Waals surface area contributed by atoms with Crippen molar-refractivity contribution in [3.8, 4) is 0 Å². The maximum Gasteiger partial charge on any atom is 0.433 e. The van der Waals surface area contributed by atoms with E-state index in [0.717, 1.165) is 31.3 Å². The van der Waals surface area contributed by atoms with E-state index in [4.69, 9.17) is 10.8 Å². The van der Waals surface area contributed by atoms with Crippen LogP contribution in [0.3, 0.4) is 0 Å². The molecule has 10 heteroatoms. The van der Waals surface area contributed by atoms with Crippen molar-refractivity contribution < 1.29 is 14.3 Å². The van der Waals surface area contributed by atoms with E-state index in [0.29, 0.717) is 35.9 Å². The van der Waals surface area contributed by atoms with Crippen LogP contribution in [0.2, 0.25) is 0 Å². The van der Waals surface area contributed by atoms with E-state index in [1.165, 1.54) is 6.42 Å². The molecule has 4 rings (SSSR count). The lowest BCUT2D eigenvalue weighted by Gasteiger charge is -2.32. The lowest BCUT2D eigenvalue weighted by atomic mass is 9.80. The molecule has 2 aromatic rings. The number of halogens is 1. The molecule has 2 atom stereocenters. The van der Waals surface area contributed by atoms with Crippen LogP contribution >= 0.6 is 0 Å². The number of hydrogen-bond acceptors (Lipinski definition) is 5. The fourth-order valence-electron chi connectivity index (χ4n) is 4.28. The number of anilines is 1. The third-order valence-electron chi connectivity index (χ3n) is 6.45. The molecule has 31 heavy (non-hydrogen) atoms. The normalized spacial score (nSPS) is 21.3. The lowest BCUT2D eigenvalue weighted by molar-refractivity contribution is 0.205. The Bertz CT molecular complexity index is 1060. The second-order valence-electron chi connectivity index (χ2n) is 8.66. The maximum atomic E-state index is 14.1. The van der Waals surface area contributed by atoms with Crippen LogP contribution in [0, 0.1) is 11.8 Å². The molecule has 0 aromatic carbocycles. The number of fused-ring (bicyclic) bond motifs is 1. The Hall–Kier alpha value is -3.04. The van der Waals surface area contributed by atoms with Gasteiger partial charge in [-0.3, -0.25) is 0 Å². The highest BCUT2D eigenvalue weighted by Crippen LogP contribution is 2.34. The van der Waals surface area contributed by atoms with Crippen LogP contribution in [-0.4, -0.2) is 42.6 Å². The van der Waals surface area contributed by atoms with Crippen LogP contribution in [0.25, 0.3) is 11.2 Å². The number of amidine groups is 1. The summed E-state index contributed by atoms with van der Waals surface area (Å²) in [6, 6.07) is 0.179. The minimum absolute atomic E-state index is 0.0192. The summed E-state index contributed by atoms with van der Waals surface area (Å²) >= 11 is 0. The Kier molecular flexibility index (Phi) is 5.88. The Labute approximate surface area is 179 Å². The minimum atomic E-state index is -1.41. The summed E-state index contributed by atoms with van der Waals surface area (Å²) < 4.78 is 16.1. The summed E-state index contributed by atoms with van der Waals surface area (Å²) in [6.07, 6.45) is 5.89. The van der Waals surface area contributed by atoms with Crippen molar-refractivity contribution in [3.05, 3.63) is 23.6 Å². The van der Waals surface area contributed by atoms with Crippen LogP contribution in [0.15, 0.2) is 22.7 Å². The highest BCUT2D eigenvalue weighted by atomic mass is 19.1. The Morgan fingerprint density at radius 3 is 2.84 bits per heavy atom. The summed E-state index contributed by atoms with van der Waals surface area (Å²) in [7, 11) is 0. The van der Waals surface area contributed by atoms with E-state index in [1.54, 1.807) is 6.33 Å². The molecule has 166 valence electrons. The average molecular weight is 430 g/mol. The first-order valence-electron chi connectivity index (χ1n) is 10.7. The molecule has 2 aliphatic rings. The zero-order chi connectivity index (χ0) is 22.1. The van der Waals surface area contributed by atoms with Crippen LogP contribution in [0.5, 0.6) is 0 Å². The quantitative estimate of drug-likeness (QED) is 0.469. The van der Waals surface area contributed by atoms with Gasteiger partial charge in [0.25, 0.3) is 0 Å². The molecule has 1 fully saturated rings. The molecule has 1 unspecified atom stereocenters. The van der Waals surface area contributed by atoms with Crippen molar-refractivity contribution in [1.82, 2.24) is 19.5 Å². The van der Waals surface area contributed by atoms with Crippen molar-refractivity contribution in [3.63, 3.8) is 0 Å². The van der Waals surface area contributed by atoms with E-state index in [9.17, 15) is 9.18 Å². The Morgan fingerprint density at radius 2 is 2.19 bits per heavy atom. The van der Waals surface area contributed by atoms with Crippen molar-refractivity contribution in [2.24, 2.45) is 22.6 Å². The van der Waals surface area contributed by atoms with Gasteiger partial charge in [0.2, 0.25) is 0 Å². The largest absolute Gasteiger partial charge is 0.463 e. The van der Waals surface area contributed by atoms with Gasteiger partial charge in [0.15, 0.2) is 23.1 Å². The second-order valence-corrected chi connectivity index (χ2v) is 8.66. The van der Waals surface area contributed by atoms with Crippen LogP contribution < -0.4 is 11.1 Å². The Balaban J connectivity index is 1.70. The fourth-order valence-corrected chi connectivity index (χ4v) is 4.28. The van der Waals surface area contributed by atoms with Crippen molar-refractivity contribution in [1.29, 1.82) is 0 Å². The van der Waals surface area contributed by atoms with Gasteiger partial charge in [-0.2, -0.15) is 4.99 Å². The van der Waals surface area contributed by atoms with E-state index in [2.05, 4.69) is 32.2 Å². The number of imidazole rings is 1. The predicted molar refractivity (Wildman–Crippen MR) is 116 cm³/mol.